The maximum absolute atomic E-state index is 12.0. The van der Waals surface area contributed by atoms with Crippen LogP contribution in [0.5, 0.6) is 0 Å². The zero-order valence-corrected chi connectivity index (χ0v) is 11.8. The lowest BCUT2D eigenvalue weighted by molar-refractivity contribution is -0.00496. The summed E-state index contributed by atoms with van der Waals surface area (Å²) >= 11 is 0. The largest absolute Gasteiger partial charge is 0.374 e. The first kappa shape index (κ1) is 15.1. The van der Waals surface area contributed by atoms with Crippen molar-refractivity contribution in [1.29, 1.82) is 0 Å². The van der Waals surface area contributed by atoms with Crippen LogP contribution in [0.4, 0.5) is 8.78 Å². The van der Waals surface area contributed by atoms with Gasteiger partial charge in [0.15, 0.2) is 0 Å². The van der Waals surface area contributed by atoms with Crippen molar-refractivity contribution < 1.29 is 13.5 Å². The number of hydrogen-bond donors (Lipinski definition) is 1. The smallest absolute Gasteiger partial charge is 0.261 e. The molecule has 0 aromatic carbocycles. The van der Waals surface area contributed by atoms with Crippen LogP contribution in [0.15, 0.2) is 0 Å². The third kappa shape index (κ3) is 4.10. The Morgan fingerprint density at radius 1 is 1.37 bits per heavy atom. The summed E-state index contributed by atoms with van der Waals surface area (Å²) in [5.74, 6) is 0. The summed E-state index contributed by atoms with van der Waals surface area (Å²) in [6.07, 6.45) is 3.85. The van der Waals surface area contributed by atoms with Crippen LogP contribution in [0.25, 0.3) is 0 Å². The molecule has 1 heterocycles. The predicted octanol–water partition coefficient (Wildman–Crippen LogP) is 2.26. The Bertz CT molecular complexity index is 270. The summed E-state index contributed by atoms with van der Waals surface area (Å²) in [4.78, 5) is 2.44. The summed E-state index contributed by atoms with van der Waals surface area (Å²) in [7, 11) is 0. The molecule has 19 heavy (non-hydrogen) atoms. The van der Waals surface area contributed by atoms with Crippen molar-refractivity contribution in [3.63, 3.8) is 0 Å². The molecule has 2 fully saturated rings. The number of ether oxygens (including phenoxy) is 1. The van der Waals surface area contributed by atoms with E-state index in [-0.39, 0.29) is 5.54 Å². The first-order valence-electron chi connectivity index (χ1n) is 7.50. The molecule has 0 aromatic heterocycles. The molecule has 0 bridgehead atoms. The summed E-state index contributed by atoms with van der Waals surface area (Å²) < 4.78 is 29.1. The Kier molecular flexibility index (Phi) is 5.54. The quantitative estimate of drug-likeness (QED) is 0.753. The highest BCUT2D eigenvalue weighted by Crippen LogP contribution is 2.33. The maximum Gasteiger partial charge on any atom is 0.261 e. The fraction of sp³-hybridized carbons (Fsp3) is 1.00. The maximum atomic E-state index is 12.0. The zero-order chi connectivity index (χ0) is 13.7. The molecule has 112 valence electrons. The van der Waals surface area contributed by atoms with Gasteiger partial charge in [0.05, 0.1) is 6.61 Å². The van der Waals surface area contributed by atoms with E-state index in [0.717, 1.165) is 26.1 Å². The van der Waals surface area contributed by atoms with Crippen LogP contribution in [0.3, 0.4) is 0 Å². The fourth-order valence-electron chi connectivity index (χ4n) is 3.44. The zero-order valence-electron chi connectivity index (χ0n) is 11.8. The molecule has 1 aliphatic heterocycles. The third-order valence-corrected chi connectivity index (χ3v) is 4.53. The molecule has 1 unspecified atom stereocenters. The average molecular weight is 276 g/mol. The number of nitrogens with one attached hydrogen (secondary N) is 1. The van der Waals surface area contributed by atoms with E-state index in [1.54, 1.807) is 0 Å². The number of hydrogen-bond acceptors (Lipinski definition) is 3. The van der Waals surface area contributed by atoms with E-state index in [0.29, 0.717) is 12.6 Å². The SMILES string of the molecule is CCC1CNC2(CCCC2)CN1CCOCC(F)F. The highest BCUT2D eigenvalue weighted by atomic mass is 19.3. The van der Waals surface area contributed by atoms with Gasteiger partial charge in [0.2, 0.25) is 0 Å². The standard InChI is InChI=1S/C14H26F2N2O/c1-2-12-9-17-14(5-3-4-6-14)11-18(12)7-8-19-10-13(15)16/h12-13,17H,2-11H2,1H3. The molecular formula is C14H26F2N2O. The van der Waals surface area contributed by atoms with Crippen LogP contribution in [-0.4, -0.2) is 55.8 Å². The molecule has 1 saturated carbocycles. The molecule has 0 radical (unpaired) electrons. The number of halogens is 2. The molecule has 1 atom stereocenters. The van der Waals surface area contributed by atoms with Crippen molar-refractivity contribution in [2.75, 3.05) is 32.8 Å². The molecule has 1 aliphatic carbocycles. The second-order valence-corrected chi connectivity index (χ2v) is 5.87. The number of nitrogens with zero attached hydrogens (tertiary/aromatic N) is 1. The van der Waals surface area contributed by atoms with Crippen molar-refractivity contribution in [2.24, 2.45) is 0 Å². The van der Waals surface area contributed by atoms with Gasteiger partial charge >= 0.3 is 0 Å². The number of alkyl halides is 2. The molecule has 1 spiro atoms. The second kappa shape index (κ2) is 6.95. The lowest BCUT2D eigenvalue weighted by atomic mass is 9.92. The Morgan fingerprint density at radius 2 is 2.11 bits per heavy atom. The van der Waals surface area contributed by atoms with E-state index in [4.69, 9.17) is 4.74 Å². The van der Waals surface area contributed by atoms with Crippen molar-refractivity contribution in [1.82, 2.24) is 10.2 Å². The minimum Gasteiger partial charge on any atom is -0.374 e. The van der Waals surface area contributed by atoms with E-state index < -0.39 is 13.0 Å². The molecule has 5 heteroatoms. The van der Waals surface area contributed by atoms with E-state index in [1.165, 1.54) is 25.7 Å². The fourth-order valence-corrected chi connectivity index (χ4v) is 3.44. The molecular weight excluding hydrogens is 250 g/mol. The highest BCUT2D eigenvalue weighted by molar-refractivity contribution is 5.00. The minimum absolute atomic E-state index is 0.286. The third-order valence-electron chi connectivity index (χ3n) is 4.53. The van der Waals surface area contributed by atoms with Crippen LogP contribution in [0.2, 0.25) is 0 Å². The summed E-state index contributed by atoms with van der Waals surface area (Å²) in [5, 5.41) is 3.73. The van der Waals surface area contributed by atoms with Crippen molar-refractivity contribution in [3.05, 3.63) is 0 Å². The molecule has 3 nitrogen and oxygen atoms in total. The van der Waals surface area contributed by atoms with Gasteiger partial charge in [-0.2, -0.15) is 0 Å². The van der Waals surface area contributed by atoms with E-state index in [2.05, 4.69) is 17.1 Å². The molecule has 2 aliphatic rings. The van der Waals surface area contributed by atoms with E-state index >= 15 is 0 Å². The van der Waals surface area contributed by atoms with Crippen LogP contribution in [-0.2, 0) is 4.74 Å². The van der Waals surface area contributed by atoms with Crippen molar-refractivity contribution in [3.8, 4) is 0 Å². The van der Waals surface area contributed by atoms with E-state index in [1.807, 2.05) is 0 Å². The lowest BCUT2D eigenvalue weighted by Crippen LogP contribution is -2.63. The molecule has 1 N–H and O–H groups in total. The first-order valence-corrected chi connectivity index (χ1v) is 7.50. The van der Waals surface area contributed by atoms with Crippen LogP contribution < -0.4 is 5.32 Å². The van der Waals surface area contributed by atoms with Gasteiger partial charge in [-0.15, -0.1) is 0 Å². The highest BCUT2D eigenvalue weighted by Gasteiger charge is 2.40. The van der Waals surface area contributed by atoms with Gasteiger partial charge in [-0.1, -0.05) is 19.8 Å². The monoisotopic (exact) mass is 276 g/mol. The van der Waals surface area contributed by atoms with Gasteiger partial charge < -0.3 is 10.1 Å². The minimum atomic E-state index is -2.36. The summed E-state index contributed by atoms with van der Waals surface area (Å²) in [6, 6.07) is 0.515. The lowest BCUT2D eigenvalue weighted by Gasteiger charge is -2.46. The topological polar surface area (TPSA) is 24.5 Å². The molecule has 2 rings (SSSR count). The Balaban J connectivity index is 1.80. The normalized spacial score (nSPS) is 27.5. The van der Waals surface area contributed by atoms with Gasteiger partial charge in [0.25, 0.3) is 6.43 Å². The second-order valence-electron chi connectivity index (χ2n) is 5.87. The number of rotatable bonds is 6. The van der Waals surface area contributed by atoms with Gasteiger partial charge in [-0.05, 0) is 19.3 Å². The molecule has 1 saturated heterocycles. The predicted molar refractivity (Wildman–Crippen MR) is 71.7 cm³/mol. The Labute approximate surface area is 114 Å². The van der Waals surface area contributed by atoms with Gasteiger partial charge in [-0.3, -0.25) is 4.90 Å². The van der Waals surface area contributed by atoms with Gasteiger partial charge in [0.1, 0.15) is 6.61 Å². The summed E-state index contributed by atoms with van der Waals surface area (Å²) in [5.41, 5.74) is 0.286. The van der Waals surface area contributed by atoms with Crippen molar-refractivity contribution in [2.45, 2.75) is 57.0 Å². The van der Waals surface area contributed by atoms with Crippen LogP contribution in [0.1, 0.15) is 39.0 Å². The Morgan fingerprint density at radius 3 is 2.74 bits per heavy atom. The van der Waals surface area contributed by atoms with Gasteiger partial charge in [0, 0.05) is 31.2 Å². The molecule has 0 amide bonds. The first-order chi connectivity index (χ1) is 9.15. The summed E-state index contributed by atoms with van der Waals surface area (Å²) in [6.45, 7) is 5.00. The Hall–Kier alpha value is -0.260. The van der Waals surface area contributed by atoms with Gasteiger partial charge in [-0.25, -0.2) is 8.78 Å². The van der Waals surface area contributed by atoms with Crippen molar-refractivity contribution >= 4 is 0 Å². The number of piperazine rings is 1. The van der Waals surface area contributed by atoms with E-state index in [9.17, 15) is 8.78 Å². The average Bonchev–Trinajstić information content (AvgIpc) is 2.83. The van der Waals surface area contributed by atoms with Crippen LogP contribution in [0, 0.1) is 0 Å². The molecule has 0 aromatic rings. The van der Waals surface area contributed by atoms with Crippen LogP contribution >= 0.6 is 0 Å².